The van der Waals surface area contributed by atoms with Gasteiger partial charge in [0.15, 0.2) is 0 Å². The van der Waals surface area contributed by atoms with Crippen molar-refractivity contribution in [3.05, 3.63) is 0 Å². The Hall–Kier alpha value is -0.200. The number of hydrogen-bond acceptors (Lipinski definition) is 5. The molecule has 0 aromatic rings. The molecular formula is C11H24N2O3. The van der Waals surface area contributed by atoms with E-state index < -0.39 is 0 Å². The fourth-order valence-corrected chi connectivity index (χ4v) is 2.32. The van der Waals surface area contributed by atoms with Crippen LogP contribution in [0.1, 0.15) is 13.3 Å². The van der Waals surface area contributed by atoms with E-state index in [1.165, 1.54) is 0 Å². The summed E-state index contributed by atoms with van der Waals surface area (Å²) in [4.78, 5) is 2.16. The van der Waals surface area contributed by atoms with E-state index in [9.17, 15) is 5.11 Å². The predicted octanol–water partition coefficient (Wildman–Crippen LogP) is -1.37. The van der Waals surface area contributed by atoms with Crippen molar-refractivity contribution in [2.75, 3.05) is 39.4 Å². The summed E-state index contributed by atoms with van der Waals surface area (Å²) in [5, 5.41) is 30.6. The third-order valence-electron chi connectivity index (χ3n) is 3.20. The zero-order chi connectivity index (χ0) is 12.0. The highest BCUT2D eigenvalue weighted by Gasteiger charge is 2.29. The number of nitrogens with one attached hydrogen (secondary N) is 1. The second-order valence-electron chi connectivity index (χ2n) is 4.59. The van der Waals surface area contributed by atoms with Gasteiger partial charge in [-0.1, -0.05) is 0 Å². The highest BCUT2D eigenvalue weighted by molar-refractivity contribution is 4.85. The first-order valence-electron chi connectivity index (χ1n) is 6.03. The number of aliphatic hydroxyl groups excluding tert-OH is 3. The second kappa shape index (κ2) is 7.19. The molecule has 1 fully saturated rings. The Labute approximate surface area is 97.1 Å². The van der Waals surface area contributed by atoms with Crippen LogP contribution in [0.15, 0.2) is 0 Å². The first kappa shape index (κ1) is 13.9. The molecule has 0 bridgehead atoms. The van der Waals surface area contributed by atoms with Crippen LogP contribution in [0.5, 0.6) is 0 Å². The molecule has 0 radical (unpaired) electrons. The molecule has 0 aromatic carbocycles. The van der Waals surface area contributed by atoms with Crippen molar-refractivity contribution >= 4 is 0 Å². The Bertz CT molecular complexity index is 190. The highest BCUT2D eigenvalue weighted by Crippen LogP contribution is 2.19. The van der Waals surface area contributed by atoms with Gasteiger partial charge in [-0.05, 0) is 19.3 Å². The van der Waals surface area contributed by atoms with Crippen molar-refractivity contribution < 1.29 is 15.3 Å². The first-order chi connectivity index (χ1) is 7.67. The van der Waals surface area contributed by atoms with Gasteiger partial charge in [-0.2, -0.15) is 0 Å². The molecule has 0 aromatic heterocycles. The molecule has 1 heterocycles. The molecule has 0 spiro atoms. The molecule has 0 amide bonds. The molecule has 1 rings (SSSR count). The lowest BCUT2D eigenvalue weighted by Crippen LogP contribution is -2.52. The van der Waals surface area contributed by atoms with Gasteiger partial charge >= 0.3 is 0 Å². The van der Waals surface area contributed by atoms with Crippen molar-refractivity contribution in [1.82, 2.24) is 10.2 Å². The van der Waals surface area contributed by atoms with Gasteiger partial charge in [0.2, 0.25) is 0 Å². The molecule has 3 unspecified atom stereocenters. The van der Waals surface area contributed by atoms with Crippen LogP contribution >= 0.6 is 0 Å². The number of likely N-dealkylation sites (tertiary alicyclic amines) is 1. The maximum Gasteiger partial charge on any atom is 0.0558 e. The molecule has 96 valence electrons. The molecule has 4 N–H and O–H groups in total. The summed E-state index contributed by atoms with van der Waals surface area (Å²) in [6, 6.07) is 0.298. The number of hydrogen-bond donors (Lipinski definition) is 4. The lowest BCUT2D eigenvalue weighted by Gasteiger charge is -2.39. The van der Waals surface area contributed by atoms with Gasteiger partial charge in [-0.25, -0.2) is 0 Å². The minimum atomic E-state index is -0.320. The lowest BCUT2D eigenvalue weighted by molar-refractivity contribution is 0.0405. The van der Waals surface area contributed by atoms with Crippen LogP contribution in [0.4, 0.5) is 0 Å². The third-order valence-corrected chi connectivity index (χ3v) is 3.20. The van der Waals surface area contributed by atoms with Gasteiger partial charge in [0.05, 0.1) is 19.3 Å². The third kappa shape index (κ3) is 4.35. The van der Waals surface area contributed by atoms with Crippen LogP contribution in [-0.2, 0) is 0 Å². The van der Waals surface area contributed by atoms with Crippen molar-refractivity contribution in [2.45, 2.75) is 25.5 Å². The summed E-state index contributed by atoms with van der Waals surface area (Å²) in [7, 11) is 0. The van der Waals surface area contributed by atoms with E-state index in [4.69, 9.17) is 10.2 Å². The van der Waals surface area contributed by atoms with Crippen molar-refractivity contribution in [3.63, 3.8) is 0 Å². The standard InChI is InChI=1S/C11H24N2O3/c1-9(16)10-6-11(12-2-4-14)8-13(7-10)3-5-15/h9-12,14-16H,2-8H2,1H3. The fourth-order valence-electron chi connectivity index (χ4n) is 2.32. The Balaban J connectivity index is 2.45. The monoisotopic (exact) mass is 232 g/mol. The van der Waals surface area contributed by atoms with Gasteiger partial charge in [-0.15, -0.1) is 0 Å². The molecule has 5 heteroatoms. The topological polar surface area (TPSA) is 76.0 Å². The van der Waals surface area contributed by atoms with Gasteiger partial charge in [-0.3, -0.25) is 4.90 Å². The van der Waals surface area contributed by atoms with E-state index in [1.807, 2.05) is 6.92 Å². The number of aliphatic hydroxyl groups is 3. The molecule has 1 aliphatic rings. The minimum absolute atomic E-state index is 0.135. The number of nitrogens with zero attached hydrogens (tertiary/aromatic N) is 1. The highest BCUT2D eigenvalue weighted by atomic mass is 16.3. The summed E-state index contributed by atoms with van der Waals surface area (Å²) >= 11 is 0. The van der Waals surface area contributed by atoms with E-state index in [0.717, 1.165) is 19.5 Å². The largest absolute Gasteiger partial charge is 0.395 e. The summed E-state index contributed by atoms with van der Waals surface area (Å²) in [6.07, 6.45) is 0.611. The van der Waals surface area contributed by atoms with E-state index in [1.54, 1.807) is 0 Å². The first-order valence-corrected chi connectivity index (χ1v) is 6.03. The van der Waals surface area contributed by atoms with Crippen LogP contribution in [-0.4, -0.2) is 71.8 Å². The zero-order valence-corrected chi connectivity index (χ0v) is 9.97. The molecule has 16 heavy (non-hydrogen) atoms. The lowest BCUT2D eigenvalue weighted by atomic mass is 9.90. The summed E-state index contributed by atoms with van der Waals surface area (Å²) in [5.41, 5.74) is 0. The van der Waals surface area contributed by atoms with Crippen LogP contribution in [0.25, 0.3) is 0 Å². The average molecular weight is 232 g/mol. The van der Waals surface area contributed by atoms with Crippen LogP contribution in [0.2, 0.25) is 0 Å². The molecule has 5 nitrogen and oxygen atoms in total. The SMILES string of the molecule is CC(O)C1CC(NCCO)CN(CCO)C1. The zero-order valence-electron chi connectivity index (χ0n) is 9.97. The van der Waals surface area contributed by atoms with E-state index in [0.29, 0.717) is 19.1 Å². The maximum absolute atomic E-state index is 9.64. The Morgan fingerprint density at radius 1 is 1.31 bits per heavy atom. The van der Waals surface area contributed by atoms with E-state index in [-0.39, 0.29) is 25.2 Å². The molecular weight excluding hydrogens is 208 g/mol. The quantitative estimate of drug-likeness (QED) is 0.455. The molecule has 0 saturated carbocycles. The van der Waals surface area contributed by atoms with Crippen LogP contribution < -0.4 is 5.32 Å². The fraction of sp³-hybridized carbons (Fsp3) is 1.00. The maximum atomic E-state index is 9.64. The van der Waals surface area contributed by atoms with E-state index in [2.05, 4.69) is 10.2 Å². The predicted molar refractivity (Wildman–Crippen MR) is 62.2 cm³/mol. The normalized spacial score (nSPS) is 29.2. The second-order valence-corrected chi connectivity index (χ2v) is 4.59. The van der Waals surface area contributed by atoms with Gasteiger partial charge < -0.3 is 20.6 Å². The number of β-amino-alcohol motifs (C(OH)–C–C–N with tert-alkyl or cyclic N) is 1. The molecule has 0 aliphatic carbocycles. The summed E-state index contributed by atoms with van der Waals surface area (Å²) in [6.45, 7) is 5.06. The molecule has 1 saturated heterocycles. The van der Waals surface area contributed by atoms with Crippen molar-refractivity contribution in [2.24, 2.45) is 5.92 Å². The van der Waals surface area contributed by atoms with Crippen molar-refractivity contribution in [1.29, 1.82) is 0 Å². The van der Waals surface area contributed by atoms with E-state index >= 15 is 0 Å². The van der Waals surface area contributed by atoms with Crippen LogP contribution in [0.3, 0.4) is 0 Å². The average Bonchev–Trinajstić information content (AvgIpc) is 2.26. The smallest absolute Gasteiger partial charge is 0.0558 e. The van der Waals surface area contributed by atoms with Gasteiger partial charge in [0.25, 0.3) is 0 Å². The Morgan fingerprint density at radius 3 is 2.62 bits per heavy atom. The summed E-state index contributed by atoms with van der Waals surface area (Å²) in [5.74, 6) is 0.247. The molecule has 3 atom stereocenters. The van der Waals surface area contributed by atoms with Crippen LogP contribution in [0, 0.1) is 5.92 Å². The Morgan fingerprint density at radius 2 is 2.06 bits per heavy atom. The number of piperidine rings is 1. The van der Waals surface area contributed by atoms with Gasteiger partial charge in [0.1, 0.15) is 0 Å². The molecule has 1 aliphatic heterocycles. The Kier molecular flexibility index (Phi) is 6.23. The minimum Gasteiger partial charge on any atom is -0.395 e. The summed E-state index contributed by atoms with van der Waals surface area (Å²) < 4.78 is 0. The van der Waals surface area contributed by atoms with Crippen molar-refractivity contribution in [3.8, 4) is 0 Å². The van der Waals surface area contributed by atoms with Gasteiger partial charge in [0, 0.05) is 32.2 Å². The number of rotatable bonds is 6.